The molecule has 3 rings (SSSR count). The number of esters is 1. The van der Waals surface area contributed by atoms with Crippen molar-refractivity contribution in [3.63, 3.8) is 0 Å². The van der Waals surface area contributed by atoms with Gasteiger partial charge in [-0.25, -0.2) is 9.59 Å². The van der Waals surface area contributed by atoms with E-state index in [2.05, 4.69) is 0 Å². The Bertz CT molecular complexity index is 824. The number of fused-ring (bicyclic) bond motifs is 3. The fourth-order valence-corrected chi connectivity index (χ4v) is 3.17. The van der Waals surface area contributed by atoms with Crippen molar-refractivity contribution in [1.29, 1.82) is 0 Å². The number of hydrogen-bond acceptors (Lipinski definition) is 5. The van der Waals surface area contributed by atoms with Crippen molar-refractivity contribution in [2.24, 2.45) is 0 Å². The molecule has 6 heteroatoms. The van der Waals surface area contributed by atoms with Gasteiger partial charge in [-0.15, -0.1) is 0 Å². The molecule has 24 heavy (non-hydrogen) atoms. The fraction of sp³-hybridized carbons (Fsp3) is 0.444. The van der Waals surface area contributed by atoms with Crippen LogP contribution in [0.4, 0.5) is 0 Å². The molecule has 1 aromatic heterocycles. The van der Waals surface area contributed by atoms with Crippen molar-refractivity contribution < 1.29 is 18.7 Å². The van der Waals surface area contributed by atoms with E-state index in [0.717, 1.165) is 48.6 Å². The highest BCUT2D eigenvalue weighted by molar-refractivity contribution is 6.32. The predicted octanol–water partition coefficient (Wildman–Crippen LogP) is 3.66. The molecule has 5 nitrogen and oxygen atoms in total. The molecular weight excluding hydrogens is 332 g/mol. The molecule has 0 atom stereocenters. The van der Waals surface area contributed by atoms with Gasteiger partial charge in [-0.05, 0) is 43.7 Å². The fourth-order valence-electron chi connectivity index (χ4n) is 2.95. The maximum absolute atomic E-state index is 12.1. The number of carbonyl (C=O) groups is 1. The Hall–Kier alpha value is -2.01. The topological polar surface area (TPSA) is 65.7 Å². The van der Waals surface area contributed by atoms with Gasteiger partial charge in [-0.3, -0.25) is 0 Å². The summed E-state index contributed by atoms with van der Waals surface area (Å²) in [5.41, 5.74) is 1.90. The Labute approximate surface area is 144 Å². The summed E-state index contributed by atoms with van der Waals surface area (Å²) in [4.78, 5) is 23.7. The number of hydrogen-bond donors (Lipinski definition) is 0. The van der Waals surface area contributed by atoms with Gasteiger partial charge >= 0.3 is 11.6 Å². The summed E-state index contributed by atoms with van der Waals surface area (Å²) in [5.74, 6) is -0.156. The van der Waals surface area contributed by atoms with E-state index in [4.69, 9.17) is 25.5 Å². The lowest BCUT2D eigenvalue weighted by Crippen LogP contribution is -2.16. The first kappa shape index (κ1) is 16.8. The lowest BCUT2D eigenvalue weighted by atomic mass is 9.91. The normalized spacial score (nSPS) is 13.6. The van der Waals surface area contributed by atoms with Crippen LogP contribution < -0.4 is 10.4 Å². The van der Waals surface area contributed by atoms with Crippen LogP contribution in [0.5, 0.6) is 5.75 Å². The molecule has 0 bridgehead atoms. The highest BCUT2D eigenvalue weighted by atomic mass is 35.5. The molecule has 0 spiro atoms. The zero-order valence-corrected chi connectivity index (χ0v) is 14.3. The molecule has 1 aliphatic carbocycles. The van der Waals surface area contributed by atoms with Crippen LogP contribution >= 0.6 is 11.6 Å². The quantitative estimate of drug-likeness (QED) is 0.608. The van der Waals surface area contributed by atoms with Crippen molar-refractivity contribution in [3.8, 4) is 5.75 Å². The minimum Gasteiger partial charge on any atom is -0.480 e. The zero-order valence-electron chi connectivity index (χ0n) is 13.5. The second-order valence-electron chi connectivity index (χ2n) is 5.84. The number of carbonyl (C=O) groups excluding carboxylic acids is 1. The van der Waals surface area contributed by atoms with Gasteiger partial charge in [0.05, 0.1) is 11.6 Å². The number of rotatable bonds is 5. The van der Waals surface area contributed by atoms with E-state index in [1.807, 2.05) is 6.92 Å². The van der Waals surface area contributed by atoms with Gasteiger partial charge in [0.25, 0.3) is 0 Å². The molecule has 0 amide bonds. The van der Waals surface area contributed by atoms with Crippen LogP contribution in [-0.2, 0) is 22.4 Å². The van der Waals surface area contributed by atoms with Crippen LogP contribution in [0.2, 0.25) is 5.02 Å². The average molecular weight is 351 g/mol. The first-order valence-electron chi connectivity index (χ1n) is 8.16. The van der Waals surface area contributed by atoms with Crippen molar-refractivity contribution in [1.82, 2.24) is 0 Å². The summed E-state index contributed by atoms with van der Waals surface area (Å²) in [6, 6.07) is 3.32. The van der Waals surface area contributed by atoms with E-state index in [9.17, 15) is 9.59 Å². The van der Waals surface area contributed by atoms with E-state index >= 15 is 0 Å². The molecule has 1 heterocycles. The second kappa shape index (κ2) is 7.26. The van der Waals surface area contributed by atoms with E-state index in [1.54, 1.807) is 12.1 Å². The van der Waals surface area contributed by atoms with Crippen molar-refractivity contribution in [2.45, 2.75) is 39.0 Å². The van der Waals surface area contributed by atoms with E-state index in [0.29, 0.717) is 23.0 Å². The molecule has 0 unspecified atom stereocenters. The van der Waals surface area contributed by atoms with E-state index < -0.39 is 5.97 Å². The Morgan fingerprint density at radius 1 is 1.25 bits per heavy atom. The van der Waals surface area contributed by atoms with Crippen molar-refractivity contribution >= 4 is 28.5 Å². The number of aryl methyl sites for hydroxylation is 1. The third-order valence-electron chi connectivity index (χ3n) is 4.09. The van der Waals surface area contributed by atoms with Crippen molar-refractivity contribution in [3.05, 3.63) is 38.7 Å². The third-order valence-corrected chi connectivity index (χ3v) is 4.38. The summed E-state index contributed by atoms with van der Waals surface area (Å²) < 4.78 is 15.8. The predicted molar refractivity (Wildman–Crippen MR) is 90.9 cm³/mol. The van der Waals surface area contributed by atoms with Gasteiger partial charge in [0.2, 0.25) is 0 Å². The molecule has 0 saturated heterocycles. The molecular formula is C18H19ClO5. The van der Waals surface area contributed by atoms with E-state index in [-0.39, 0.29) is 12.2 Å². The molecule has 0 saturated carbocycles. The number of ether oxygens (including phenoxy) is 2. The summed E-state index contributed by atoms with van der Waals surface area (Å²) in [6.45, 7) is 2.03. The van der Waals surface area contributed by atoms with Gasteiger partial charge in [0.15, 0.2) is 6.61 Å². The highest BCUT2D eigenvalue weighted by Gasteiger charge is 2.19. The Morgan fingerprint density at radius 3 is 2.75 bits per heavy atom. The van der Waals surface area contributed by atoms with Gasteiger partial charge in [0.1, 0.15) is 11.3 Å². The molecule has 0 aliphatic heterocycles. The number of halogens is 1. The van der Waals surface area contributed by atoms with Gasteiger partial charge in [-0.2, -0.15) is 0 Å². The molecule has 0 N–H and O–H groups in total. The van der Waals surface area contributed by atoms with Crippen molar-refractivity contribution in [2.75, 3.05) is 13.2 Å². The summed E-state index contributed by atoms with van der Waals surface area (Å²) in [6.07, 6.45) is 4.38. The zero-order chi connectivity index (χ0) is 17.1. The third kappa shape index (κ3) is 3.41. The van der Waals surface area contributed by atoms with Crippen LogP contribution in [0.1, 0.15) is 37.3 Å². The molecule has 1 aromatic carbocycles. The lowest BCUT2D eigenvalue weighted by molar-refractivity contribution is -0.146. The highest BCUT2D eigenvalue weighted by Crippen LogP contribution is 2.34. The van der Waals surface area contributed by atoms with Crippen LogP contribution in [0.3, 0.4) is 0 Å². The van der Waals surface area contributed by atoms with E-state index in [1.165, 1.54) is 0 Å². The Kier molecular flexibility index (Phi) is 5.09. The number of benzene rings is 1. The minimum atomic E-state index is -0.458. The maximum atomic E-state index is 12.1. The monoisotopic (exact) mass is 350 g/mol. The molecule has 0 radical (unpaired) electrons. The summed E-state index contributed by atoms with van der Waals surface area (Å²) in [7, 11) is 0. The molecule has 1 aliphatic rings. The first-order valence-corrected chi connectivity index (χ1v) is 8.54. The van der Waals surface area contributed by atoms with Gasteiger partial charge in [0, 0.05) is 17.0 Å². The minimum absolute atomic E-state index is 0.236. The Balaban J connectivity index is 1.90. The van der Waals surface area contributed by atoms with Crippen LogP contribution in [0.25, 0.3) is 11.0 Å². The largest absolute Gasteiger partial charge is 0.480 e. The Morgan fingerprint density at radius 2 is 2.00 bits per heavy atom. The second-order valence-corrected chi connectivity index (χ2v) is 6.25. The SMILES string of the molecule is CCCOC(=O)COc1cc2oc(=O)c3c(c2cc1Cl)CCCC3. The van der Waals surface area contributed by atoms with Crippen LogP contribution in [0.15, 0.2) is 21.3 Å². The molecule has 2 aromatic rings. The summed E-state index contributed by atoms with van der Waals surface area (Å²) >= 11 is 6.28. The van der Waals surface area contributed by atoms with Gasteiger partial charge in [-0.1, -0.05) is 18.5 Å². The standard InChI is InChI=1S/C18H19ClO5/c1-2-7-22-17(20)10-23-16-9-15-13(8-14(16)19)11-5-3-4-6-12(11)18(21)24-15/h8-9H,2-7,10H2,1H3. The smallest absolute Gasteiger partial charge is 0.344 e. The summed E-state index contributed by atoms with van der Waals surface area (Å²) in [5, 5.41) is 1.22. The lowest BCUT2D eigenvalue weighted by Gasteiger charge is -2.17. The van der Waals surface area contributed by atoms with Gasteiger partial charge < -0.3 is 13.9 Å². The van der Waals surface area contributed by atoms with Crippen LogP contribution in [0, 0.1) is 0 Å². The molecule has 128 valence electrons. The molecule has 0 fully saturated rings. The first-order chi connectivity index (χ1) is 11.6. The maximum Gasteiger partial charge on any atom is 0.344 e. The average Bonchev–Trinajstić information content (AvgIpc) is 2.59. The van der Waals surface area contributed by atoms with Crippen LogP contribution in [-0.4, -0.2) is 19.2 Å².